The zero-order chi connectivity index (χ0) is 19.5. The molecule has 2 aromatic carbocycles. The van der Waals surface area contributed by atoms with Crippen molar-refractivity contribution >= 4 is 5.91 Å². The van der Waals surface area contributed by atoms with E-state index in [1.807, 2.05) is 35.2 Å². The molecule has 1 spiro atoms. The average molecular weight is 384 g/mol. The van der Waals surface area contributed by atoms with Crippen molar-refractivity contribution in [3.8, 4) is 0 Å². The highest BCUT2D eigenvalue weighted by atomic mass is 19.2. The maximum absolute atomic E-state index is 14.4. The van der Waals surface area contributed by atoms with Crippen LogP contribution >= 0.6 is 0 Å². The van der Waals surface area contributed by atoms with Crippen LogP contribution in [0.3, 0.4) is 0 Å². The van der Waals surface area contributed by atoms with E-state index in [2.05, 4.69) is 4.90 Å². The van der Waals surface area contributed by atoms with E-state index >= 15 is 0 Å². The van der Waals surface area contributed by atoms with Crippen molar-refractivity contribution in [2.24, 2.45) is 0 Å². The van der Waals surface area contributed by atoms with Gasteiger partial charge in [-0.2, -0.15) is 0 Å². The van der Waals surface area contributed by atoms with Gasteiger partial charge in [-0.05, 0) is 18.1 Å². The van der Waals surface area contributed by atoms with Gasteiger partial charge in [0.05, 0.1) is 12.6 Å². The Morgan fingerprint density at radius 1 is 1.14 bits per heavy atom. The van der Waals surface area contributed by atoms with E-state index in [0.717, 1.165) is 5.56 Å². The predicted octanol–water partition coefficient (Wildman–Crippen LogP) is 3.55. The van der Waals surface area contributed by atoms with Crippen LogP contribution in [-0.4, -0.2) is 40.6 Å². The first-order valence-corrected chi connectivity index (χ1v) is 9.70. The highest BCUT2D eigenvalue weighted by molar-refractivity contribution is 5.81. The van der Waals surface area contributed by atoms with Crippen LogP contribution in [0.15, 0.2) is 42.5 Å². The lowest BCUT2D eigenvalue weighted by Gasteiger charge is -2.32. The molecule has 146 valence electrons. The molecular weight excluding hydrogens is 362 g/mol. The van der Waals surface area contributed by atoms with Gasteiger partial charge >= 0.3 is 0 Å². The monoisotopic (exact) mass is 384 g/mol. The van der Waals surface area contributed by atoms with E-state index in [-0.39, 0.29) is 24.6 Å². The Balaban J connectivity index is 1.41. The smallest absolute Gasteiger partial charge is 0.226 e. The summed E-state index contributed by atoms with van der Waals surface area (Å²) < 4.78 is 34.8. The summed E-state index contributed by atoms with van der Waals surface area (Å²) in [5.41, 5.74) is 1.02. The zero-order valence-corrected chi connectivity index (χ0v) is 15.7. The van der Waals surface area contributed by atoms with Crippen LogP contribution in [0.4, 0.5) is 8.78 Å². The van der Waals surface area contributed by atoms with Crippen molar-refractivity contribution in [3.05, 3.63) is 70.8 Å². The molecule has 3 heterocycles. The molecule has 3 aliphatic heterocycles. The number of nitrogens with zero attached hydrogens (tertiary/aromatic N) is 2. The van der Waals surface area contributed by atoms with E-state index < -0.39 is 17.4 Å². The molecule has 3 fully saturated rings. The van der Waals surface area contributed by atoms with Gasteiger partial charge in [-0.15, -0.1) is 0 Å². The maximum Gasteiger partial charge on any atom is 0.226 e. The second-order valence-corrected chi connectivity index (χ2v) is 7.98. The van der Waals surface area contributed by atoms with Crippen molar-refractivity contribution < 1.29 is 18.3 Å². The summed E-state index contributed by atoms with van der Waals surface area (Å²) >= 11 is 0. The molecule has 4 nitrogen and oxygen atoms in total. The highest BCUT2D eigenvalue weighted by Crippen LogP contribution is 2.50. The second kappa shape index (κ2) is 6.36. The number of carbonyl (C=O) groups excluding carboxylic acids is 1. The van der Waals surface area contributed by atoms with Gasteiger partial charge in [0.1, 0.15) is 6.10 Å². The number of rotatable bonds is 3. The number of likely N-dealkylation sites (tertiary alicyclic amines) is 1. The minimum atomic E-state index is -0.795. The summed E-state index contributed by atoms with van der Waals surface area (Å²) in [7, 11) is 0. The van der Waals surface area contributed by atoms with E-state index in [1.54, 1.807) is 19.1 Å². The van der Waals surface area contributed by atoms with Gasteiger partial charge in [0.15, 0.2) is 17.4 Å². The molecule has 3 saturated heterocycles. The lowest BCUT2D eigenvalue weighted by molar-refractivity contribution is -0.138. The Hall–Kier alpha value is -2.31. The van der Waals surface area contributed by atoms with Crippen LogP contribution in [0, 0.1) is 18.6 Å². The summed E-state index contributed by atoms with van der Waals surface area (Å²) in [4.78, 5) is 16.6. The number of halogens is 2. The summed E-state index contributed by atoms with van der Waals surface area (Å²) in [5, 5.41) is 0. The lowest BCUT2D eigenvalue weighted by atomic mass is 10.1. The van der Waals surface area contributed by atoms with Crippen LogP contribution in [-0.2, 0) is 16.1 Å². The fraction of sp³-hybridized carbons (Fsp3) is 0.409. The number of ether oxygens (including phenoxy) is 1. The Labute approximate surface area is 162 Å². The summed E-state index contributed by atoms with van der Waals surface area (Å²) in [5.74, 6) is -1.52. The molecule has 0 aromatic heterocycles. The Morgan fingerprint density at radius 2 is 1.93 bits per heavy atom. The summed E-state index contributed by atoms with van der Waals surface area (Å²) in [6, 6.07) is 13.0. The highest BCUT2D eigenvalue weighted by Gasteiger charge is 2.63. The van der Waals surface area contributed by atoms with Crippen LogP contribution in [0.1, 0.15) is 35.6 Å². The number of carbonyl (C=O) groups is 1. The Bertz CT molecular complexity index is 936. The molecule has 5 rings (SSSR count). The molecule has 0 N–H and O–H groups in total. The fourth-order valence-corrected chi connectivity index (χ4v) is 4.97. The number of hydrogen-bond donors (Lipinski definition) is 0. The first-order valence-electron chi connectivity index (χ1n) is 9.70. The number of hydrogen-bond acceptors (Lipinski definition) is 3. The molecule has 28 heavy (non-hydrogen) atoms. The van der Waals surface area contributed by atoms with Crippen LogP contribution < -0.4 is 0 Å². The van der Waals surface area contributed by atoms with Gasteiger partial charge in [-0.1, -0.05) is 42.5 Å². The normalized spacial score (nSPS) is 29.4. The fourth-order valence-electron chi connectivity index (χ4n) is 4.97. The van der Waals surface area contributed by atoms with Gasteiger partial charge in [-0.25, -0.2) is 8.78 Å². The molecule has 3 atom stereocenters. The molecule has 0 unspecified atom stereocenters. The molecular formula is C22H22F2N2O2. The quantitative estimate of drug-likeness (QED) is 0.812. The van der Waals surface area contributed by atoms with Crippen LogP contribution in [0.5, 0.6) is 0 Å². The number of aryl methyl sites for hydroxylation is 1. The van der Waals surface area contributed by atoms with E-state index in [0.29, 0.717) is 37.1 Å². The minimum Gasteiger partial charge on any atom is -0.344 e. The first kappa shape index (κ1) is 17.8. The lowest BCUT2D eigenvalue weighted by Crippen LogP contribution is -2.47. The third kappa shape index (κ3) is 2.51. The largest absolute Gasteiger partial charge is 0.344 e. The van der Waals surface area contributed by atoms with Gasteiger partial charge in [0.25, 0.3) is 0 Å². The molecule has 6 heteroatoms. The van der Waals surface area contributed by atoms with Crippen molar-refractivity contribution in [3.63, 3.8) is 0 Å². The van der Waals surface area contributed by atoms with E-state index in [1.165, 1.54) is 0 Å². The molecule has 1 amide bonds. The molecule has 0 saturated carbocycles. The van der Waals surface area contributed by atoms with Crippen LogP contribution in [0.25, 0.3) is 0 Å². The van der Waals surface area contributed by atoms with Gasteiger partial charge in [-0.3, -0.25) is 9.69 Å². The van der Waals surface area contributed by atoms with Crippen molar-refractivity contribution in [1.82, 2.24) is 9.80 Å². The van der Waals surface area contributed by atoms with Gasteiger partial charge in [0, 0.05) is 31.5 Å². The standard InChI is InChI=1S/C22H22F2N2O2/c1-14-7-8-16(21(24)20(14)23)12-25-10-9-22-18(25)11-19(27)26(22)13-17(28-22)15-5-3-2-4-6-15/h2-8,17-18H,9-13H2,1H3/t17-,18-,22+/m1/s1. The van der Waals surface area contributed by atoms with Gasteiger partial charge in [0.2, 0.25) is 5.91 Å². The molecule has 3 aliphatic rings. The van der Waals surface area contributed by atoms with E-state index in [9.17, 15) is 13.6 Å². The second-order valence-electron chi connectivity index (χ2n) is 7.98. The zero-order valence-electron chi connectivity index (χ0n) is 15.7. The maximum atomic E-state index is 14.4. The SMILES string of the molecule is Cc1ccc(CN2CC[C@@]34O[C@@H](c5ccccc5)CN3C(=O)C[C@@H]24)c(F)c1F. The van der Waals surface area contributed by atoms with Crippen molar-refractivity contribution in [1.29, 1.82) is 0 Å². The summed E-state index contributed by atoms with van der Waals surface area (Å²) in [6.45, 7) is 3.05. The first-order chi connectivity index (χ1) is 13.5. The number of benzene rings is 2. The Morgan fingerprint density at radius 3 is 2.71 bits per heavy atom. The number of amides is 1. The van der Waals surface area contributed by atoms with Crippen molar-refractivity contribution in [2.45, 2.75) is 44.2 Å². The van der Waals surface area contributed by atoms with Crippen LogP contribution in [0.2, 0.25) is 0 Å². The third-order valence-electron chi connectivity index (χ3n) is 6.44. The molecule has 0 radical (unpaired) electrons. The topological polar surface area (TPSA) is 32.8 Å². The Kier molecular flexibility index (Phi) is 4.03. The van der Waals surface area contributed by atoms with Gasteiger partial charge < -0.3 is 9.64 Å². The van der Waals surface area contributed by atoms with E-state index in [4.69, 9.17) is 4.74 Å². The van der Waals surface area contributed by atoms with Crippen molar-refractivity contribution in [2.75, 3.05) is 13.1 Å². The molecule has 2 aromatic rings. The molecule has 0 bridgehead atoms. The average Bonchev–Trinajstić information content (AvgIpc) is 3.32. The minimum absolute atomic E-state index is 0.0729. The summed E-state index contributed by atoms with van der Waals surface area (Å²) in [6.07, 6.45) is 0.890. The third-order valence-corrected chi connectivity index (χ3v) is 6.44. The molecule has 0 aliphatic carbocycles. The predicted molar refractivity (Wildman–Crippen MR) is 99.2 cm³/mol.